The van der Waals surface area contributed by atoms with E-state index in [-0.39, 0.29) is 28.5 Å². The zero-order valence-electron chi connectivity index (χ0n) is 16.9. The predicted molar refractivity (Wildman–Crippen MR) is 107 cm³/mol. The number of pyridine rings is 1. The minimum absolute atomic E-state index is 0.0912. The van der Waals surface area contributed by atoms with Crippen LogP contribution in [0.5, 0.6) is 0 Å². The summed E-state index contributed by atoms with van der Waals surface area (Å²) in [5, 5.41) is 0. The maximum atomic E-state index is 13.1. The second-order valence-electron chi connectivity index (χ2n) is 7.35. The molecule has 3 aromatic rings. The van der Waals surface area contributed by atoms with E-state index in [4.69, 9.17) is 5.73 Å². The van der Waals surface area contributed by atoms with Gasteiger partial charge in [0.2, 0.25) is 10.0 Å². The Bertz CT molecular complexity index is 1250. The molecule has 0 bridgehead atoms. The van der Waals surface area contributed by atoms with Crippen LogP contribution in [0.4, 0.5) is 13.2 Å². The molecule has 0 aliphatic rings. The second-order valence-corrected chi connectivity index (χ2v) is 9.04. The summed E-state index contributed by atoms with van der Waals surface area (Å²) in [5.74, 6) is -0.554. The monoisotopic (exact) mass is 455 g/mol. The Kier molecular flexibility index (Phi) is 5.57. The first-order valence-corrected chi connectivity index (χ1v) is 10.6. The van der Waals surface area contributed by atoms with Gasteiger partial charge in [-0.05, 0) is 51.1 Å². The maximum absolute atomic E-state index is 13.1. The number of hydrogen-bond acceptors (Lipinski definition) is 5. The number of aryl methyl sites for hydroxylation is 1. The summed E-state index contributed by atoms with van der Waals surface area (Å²) in [6.45, 7) is 5.09. The largest absolute Gasteiger partial charge is 0.416 e. The van der Waals surface area contributed by atoms with E-state index in [0.29, 0.717) is 5.52 Å². The molecule has 0 unspecified atom stereocenters. The first kappa shape index (κ1) is 22.7. The molecule has 0 spiro atoms. The highest BCUT2D eigenvalue weighted by molar-refractivity contribution is 7.89. The lowest BCUT2D eigenvalue weighted by atomic mass is 10.1. The van der Waals surface area contributed by atoms with Crippen molar-refractivity contribution in [2.45, 2.75) is 43.9 Å². The van der Waals surface area contributed by atoms with Crippen molar-refractivity contribution in [1.82, 2.24) is 19.3 Å². The minimum Gasteiger partial charge on any atom is -0.364 e. The van der Waals surface area contributed by atoms with Crippen molar-refractivity contribution in [3.8, 4) is 0 Å². The van der Waals surface area contributed by atoms with Crippen LogP contribution >= 0.6 is 0 Å². The van der Waals surface area contributed by atoms with Gasteiger partial charge in [0.05, 0.1) is 22.1 Å². The molecule has 0 saturated carbocycles. The number of halogens is 3. The molecule has 3 rings (SSSR count). The lowest BCUT2D eigenvalue weighted by Crippen LogP contribution is -2.43. The molecule has 0 saturated heterocycles. The maximum Gasteiger partial charge on any atom is 0.416 e. The number of hydrogen-bond donors (Lipinski definition) is 2. The summed E-state index contributed by atoms with van der Waals surface area (Å²) in [5.41, 5.74) is 3.47. The van der Waals surface area contributed by atoms with Crippen molar-refractivity contribution in [1.29, 1.82) is 0 Å². The molecule has 2 aromatic heterocycles. The number of fused-ring (bicyclic) bond motifs is 1. The molecule has 2 heterocycles. The number of sulfonamides is 1. The van der Waals surface area contributed by atoms with Gasteiger partial charge in [0.15, 0.2) is 0 Å². The van der Waals surface area contributed by atoms with Gasteiger partial charge in [-0.1, -0.05) is 0 Å². The van der Waals surface area contributed by atoms with E-state index < -0.39 is 33.2 Å². The van der Waals surface area contributed by atoms with Crippen LogP contribution in [0.25, 0.3) is 11.0 Å². The van der Waals surface area contributed by atoms with Crippen LogP contribution in [0, 0.1) is 0 Å². The van der Waals surface area contributed by atoms with Gasteiger partial charge in [0, 0.05) is 12.7 Å². The standard InChI is InChI=1S/C19H20F3N5O3S/c1-4-27-15-9-11(19(20,21)22)5-7-13(15)25-17(27)18(2,3)26-31(29,30)12-6-8-14(16(23)28)24-10-12/h5-10,26H,4H2,1-3H3,(H2,23,28). The molecule has 31 heavy (non-hydrogen) atoms. The van der Waals surface area contributed by atoms with E-state index in [2.05, 4.69) is 14.7 Å². The van der Waals surface area contributed by atoms with Crippen molar-refractivity contribution >= 4 is 27.0 Å². The molecular weight excluding hydrogens is 435 g/mol. The van der Waals surface area contributed by atoms with E-state index in [1.54, 1.807) is 20.8 Å². The molecule has 0 fully saturated rings. The van der Waals surface area contributed by atoms with E-state index >= 15 is 0 Å². The molecule has 0 radical (unpaired) electrons. The van der Waals surface area contributed by atoms with E-state index in [1.807, 2.05) is 0 Å². The van der Waals surface area contributed by atoms with Gasteiger partial charge in [-0.25, -0.2) is 18.4 Å². The summed E-state index contributed by atoms with van der Waals surface area (Å²) < 4.78 is 69.1. The fraction of sp³-hybridized carbons (Fsp3) is 0.316. The number of carbonyl (C=O) groups is 1. The second kappa shape index (κ2) is 7.61. The number of rotatable bonds is 6. The summed E-state index contributed by atoms with van der Waals surface area (Å²) in [7, 11) is -4.10. The average Bonchev–Trinajstić information content (AvgIpc) is 3.05. The molecule has 1 amide bonds. The number of primary amides is 1. The Balaban J connectivity index is 2.03. The molecule has 8 nitrogen and oxygen atoms in total. The summed E-state index contributed by atoms with van der Waals surface area (Å²) in [6.07, 6.45) is -3.52. The van der Waals surface area contributed by atoms with E-state index in [9.17, 15) is 26.4 Å². The van der Waals surface area contributed by atoms with Crippen LogP contribution in [0.1, 0.15) is 42.6 Å². The lowest BCUT2D eigenvalue weighted by Gasteiger charge is -2.26. The van der Waals surface area contributed by atoms with Gasteiger partial charge in [-0.3, -0.25) is 4.79 Å². The third-order valence-corrected chi connectivity index (χ3v) is 6.28. The van der Waals surface area contributed by atoms with Crippen LogP contribution < -0.4 is 10.5 Å². The number of benzene rings is 1. The van der Waals surface area contributed by atoms with Crippen molar-refractivity contribution < 1.29 is 26.4 Å². The molecule has 1 aromatic carbocycles. The van der Waals surface area contributed by atoms with E-state index in [0.717, 1.165) is 18.3 Å². The Labute approximate surface area is 176 Å². The third kappa shape index (κ3) is 4.39. The topological polar surface area (TPSA) is 120 Å². The highest BCUT2D eigenvalue weighted by Crippen LogP contribution is 2.33. The van der Waals surface area contributed by atoms with Gasteiger partial charge in [0.25, 0.3) is 5.91 Å². The molecule has 0 aliphatic carbocycles. The van der Waals surface area contributed by atoms with E-state index in [1.165, 1.54) is 22.8 Å². The Morgan fingerprint density at radius 3 is 2.39 bits per heavy atom. The highest BCUT2D eigenvalue weighted by Gasteiger charge is 2.35. The number of nitrogens with one attached hydrogen (secondary N) is 1. The summed E-state index contributed by atoms with van der Waals surface area (Å²) >= 11 is 0. The SMILES string of the molecule is CCn1c(C(C)(C)NS(=O)(=O)c2ccc(C(N)=O)nc2)nc2ccc(C(F)(F)F)cc21. The van der Waals surface area contributed by atoms with Crippen LogP contribution in [0.2, 0.25) is 0 Å². The Morgan fingerprint density at radius 1 is 1.19 bits per heavy atom. The molecule has 166 valence electrons. The molecule has 12 heteroatoms. The van der Waals surface area contributed by atoms with Gasteiger partial charge >= 0.3 is 6.18 Å². The smallest absolute Gasteiger partial charge is 0.364 e. The van der Waals surface area contributed by atoms with Crippen molar-refractivity contribution in [2.24, 2.45) is 5.73 Å². The van der Waals surface area contributed by atoms with Crippen LogP contribution in [0.15, 0.2) is 41.4 Å². The van der Waals surface area contributed by atoms with Crippen molar-refractivity contribution in [3.63, 3.8) is 0 Å². The van der Waals surface area contributed by atoms with Gasteiger partial charge in [-0.15, -0.1) is 0 Å². The van der Waals surface area contributed by atoms with Crippen LogP contribution in [0.3, 0.4) is 0 Å². The average molecular weight is 455 g/mol. The van der Waals surface area contributed by atoms with Gasteiger partial charge in [0.1, 0.15) is 16.4 Å². The minimum atomic E-state index is -4.52. The molecule has 0 aliphatic heterocycles. The number of amides is 1. The lowest BCUT2D eigenvalue weighted by molar-refractivity contribution is -0.137. The molecular formula is C19H20F3N5O3S. The zero-order valence-corrected chi connectivity index (χ0v) is 17.7. The first-order valence-electron chi connectivity index (χ1n) is 9.14. The number of nitrogens with zero attached hydrogens (tertiary/aromatic N) is 3. The van der Waals surface area contributed by atoms with Gasteiger partial charge < -0.3 is 10.3 Å². The number of aromatic nitrogens is 3. The fourth-order valence-electron chi connectivity index (χ4n) is 3.22. The van der Waals surface area contributed by atoms with Crippen LogP contribution in [-0.2, 0) is 28.3 Å². The Hall–Kier alpha value is -2.99. The summed E-state index contributed by atoms with van der Waals surface area (Å²) in [6, 6.07) is 5.55. The predicted octanol–water partition coefficient (Wildman–Crippen LogP) is 2.78. The fourth-order valence-corrected chi connectivity index (χ4v) is 4.54. The quantitative estimate of drug-likeness (QED) is 0.592. The summed E-state index contributed by atoms with van der Waals surface area (Å²) in [4.78, 5) is 19.0. The highest BCUT2D eigenvalue weighted by atomic mass is 32.2. The normalized spacial score (nSPS) is 13.0. The molecule has 0 atom stereocenters. The zero-order chi connectivity index (χ0) is 23.2. The van der Waals surface area contributed by atoms with Gasteiger partial charge in [-0.2, -0.15) is 17.9 Å². The van der Waals surface area contributed by atoms with Crippen molar-refractivity contribution in [2.75, 3.05) is 0 Å². The first-order chi connectivity index (χ1) is 14.3. The number of alkyl halides is 3. The number of nitrogens with two attached hydrogens (primary N) is 1. The van der Waals surface area contributed by atoms with Crippen LogP contribution in [-0.4, -0.2) is 28.9 Å². The number of carbonyl (C=O) groups excluding carboxylic acids is 1. The van der Waals surface area contributed by atoms with Crippen molar-refractivity contribution in [3.05, 3.63) is 53.6 Å². The third-order valence-electron chi connectivity index (χ3n) is 4.64. The number of imidazole rings is 1. The Morgan fingerprint density at radius 2 is 1.87 bits per heavy atom. The molecule has 3 N–H and O–H groups in total.